The minimum Gasteiger partial charge on any atom is -0.507 e. The summed E-state index contributed by atoms with van der Waals surface area (Å²) in [7, 11) is 0. The molecule has 1 aromatic heterocycles. The van der Waals surface area contributed by atoms with Crippen molar-refractivity contribution in [1.29, 1.82) is 0 Å². The molecule has 202 valence electrons. The number of aliphatic hydroxyl groups is 1. The molecule has 3 heterocycles. The Morgan fingerprint density at radius 1 is 0.975 bits per heavy atom. The maximum atomic E-state index is 15.1. The Kier molecular flexibility index (Phi) is 6.95. The maximum Gasteiger partial charge on any atom is 0.301 e. The normalized spacial score (nSPS) is 17.9. The minimum atomic E-state index is -1.31. The van der Waals surface area contributed by atoms with Gasteiger partial charge in [-0.1, -0.05) is 59.5 Å². The Balaban J connectivity index is 1.40. The Bertz CT molecular complexity index is 1680. The van der Waals surface area contributed by atoms with Gasteiger partial charge in [0.25, 0.3) is 5.78 Å². The fourth-order valence-corrected chi connectivity index (χ4v) is 6.33. The third-order valence-electron chi connectivity index (χ3n) is 6.37. The van der Waals surface area contributed by atoms with E-state index in [4.69, 9.17) is 9.47 Å². The van der Waals surface area contributed by atoms with Crippen LogP contribution in [0.5, 0.6) is 11.5 Å². The van der Waals surface area contributed by atoms with Crippen molar-refractivity contribution in [3.05, 3.63) is 101 Å². The van der Waals surface area contributed by atoms with Crippen LogP contribution in [0.2, 0.25) is 0 Å². The average molecular weight is 580 g/mol. The third-order valence-corrected chi connectivity index (χ3v) is 8.48. The van der Waals surface area contributed by atoms with Crippen LogP contribution in [-0.4, -0.2) is 40.2 Å². The second-order valence-electron chi connectivity index (χ2n) is 8.78. The van der Waals surface area contributed by atoms with Gasteiger partial charge in [-0.2, -0.15) is 0 Å². The first-order chi connectivity index (χ1) is 19.4. The summed E-state index contributed by atoms with van der Waals surface area (Å²) in [6, 6.07) is 15.3. The van der Waals surface area contributed by atoms with E-state index < -0.39 is 29.3 Å². The van der Waals surface area contributed by atoms with Gasteiger partial charge in [0.1, 0.15) is 36.6 Å². The SMILES string of the molecule is O=C1C(=O)N(c2nnc(SCc3ccccc3F)s2)[C@H](c2ccccc2F)C1=C(O)c1ccc2c(c1)OCCO2. The number of hydrogen-bond acceptors (Lipinski definition) is 9. The zero-order valence-electron chi connectivity index (χ0n) is 20.5. The molecule has 0 radical (unpaired) electrons. The van der Waals surface area contributed by atoms with Crippen LogP contribution < -0.4 is 14.4 Å². The quantitative estimate of drug-likeness (QED) is 0.105. The highest BCUT2D eigenvalue weighted by Gasteiger charge is 2.49. The highest BCUT2D eigenvalue weighted by Crippen LogP contribution is 2.45. The van der Waals surface area contributed by atoms with E-state index in [9.17, 15) is 19.1 Å². The number of ketones is 1. The molecule has 40 heavy (non-hydrogen) atoms. The number of hydrogen-bond donors (Lipinski definition) is 1. The van der Waals surface area contributed by atoms with Gasteiger partial charge < -0.3 is 14.6 Å². The molecule has 0 unspecified atom stereocenters. The predicted molar refractivity (Wildman–Crippen MR) is 144 cm³/mol. The zero-order chi connectivity index (χ0) is 27.8. The van der Waals surface area contributed by atoms with Gasteiger partial charge in [-0.3, -0.25) is 14.5 Å². The third kappa shape index (κ3) is 4.69. The highest BCUT2D eigenvalue weighted by molar-refractivity contribution is 8.00. The molecule has 8 nitrogen and oxygen atoms in total. The van der Waals surface area contributed by atoms with E-state index in [1.54, 1.807) is 30.3 Å². The maximum absolute atomic E-state index is 15.1. The van der Waals surface area contributed by atoms with Crippen molar-refractivity contribution in [2.75, 3.05) is 18.1 Å². The molecule has 4 aromatic rings. The highest BCUT2D eigenvalue weighted by atomic mass is 32.2. The molecule has 0 saturated carbocycles. The van der Waals surface area contributed by atoms with Crippen molar-refractivity contribution < 1.29 is 33.0 Å². The van der Waals surface area contributed by atoms with Crippen LogP contribution >= 0.6 is 23.1 Å². The summed E-state index contributed by atoms with van der Waals surface area (Å²) in [5.41, 5.74) is 0.358. The van der Waals surface area contributed by atoms with Crippen molar-refractivity contribution in [1.82, 2.24) is 10.2 Å². The summed E-state index contributed by atoms with van der Waals surface area (Å²) >= 11 is 2.21. The topological polar surface area (TPSA) is 102 Å². The predicted octanol–water partition coefficient (Wildman–Crippen LogP) is 5.51. The van der Waals surface area contributed by atoms with Gasteiger partial charge in [0.05, 0.1) is 5.57 Å². The van der Waals surface area contributed by atoms with Crippen molar-refractivity contribution in [3.63, 3.8) is 0 Å². The van der Waals surface area contributed by atoms with E-state index in [-0.39, 0.29) is 33.4 Å². The number of benzene rings is 3. The standard InChI is InChI=1S/C28H19F2N3O5S2/c29-18-7-3-1-5-16(18)14-39-28-32-31-27(40-28)33-23(17-6-2-4-8-19(17)30)22(25(35)26(33)36)24(34)15-9-10-20-21(13-15)38-12-11-37-20/h1-10,13,23,34H,11-12,14H2/t23-/m1/s1. The van der Waals surface area contributed by atoms with Crippen molar-refractivity contribution in [2.24, 2.45) is 0 Å². The molecule has 12 heteroatoms. The second-order valence-corrected chi connectivity index (χ2v) is 11.0. The van der Waals surface area contributed by atoms with Crippen molar-refractivity contribution >= 4 is 45.7 Å². The summed E-state index contributed by atoms with van der Waals surface area (Å²) < 4.78 is 40.7. The molecule has 1 amide bonds. The smallest absolute Gasteiger partial charge is 0.301 e. The molecule has 0 spiro atoms. The van der Waals surface area contributed by atoms with Crippen LogP contribution in [0.15, 0.2) is 76.6 Å². The lowest BCUT2D eigenvalue weighted by Gasteiger charge is -2.23. The second kappa shape index (κ2) is 10.7. The Morgan fingerprint density at radius 2 is 1.70 bits per heavy atom. The molecule has 2 aliphatic rings. The Hall–Kier alpha value is -4.29. The molecule has 2 aliphatic heterocycles. The number of aromatic nitrogens is 2. The van der Waals surface area contributed by atoms with Crippen LogP contribution in [0.25, 0.3) is 5.76 Å². The molecular formula is C28H19F2N3O5S2. The Labute approximate surface area is 234 Å². The van der Waals surface area contributed by atoms with Crippen molar-refractivity contribution in [2.45, 2.75) is 16.1 Å². The summed E-state index contributed by atoms with van der Waals surface area (Å²) in [6.07, 6.45) is 0. The number of carbonyl (C=O) groups is 2. The number of thioether (sulfide) groups is 1. The first-order valence-corrected chi connectivity index (χ1v) is 13.9. The number of fused-ring (bicyclic) bond motifs is 1. The number of anilines is 1. The van der Waals surface area contributed by atoms with E-state index in [1.807, 2.05) is 0 Å². The van der Waals surface area contributed by atoms with Crippen LogP contribution in [0.4, 0.5) is 13.9 Å². The molecule has 1 saturated heterocycles. The lowest BCUT2D eigenvalue weighted by Crippen LogP contribution is -2.29. The van der Waals surface area contributed by atoms with Gasteiger partial charge in [-0.15, -0.1) is 10.2 Å². The molecule has 1 fully saturated rings. The summed E-state index contributed by atoms with van der Waals surface area (Å²) in [6.45, 7) is 0.685. The number of rotatable bonds is 6. The number of Topliss-reactive ketones (excluding diaryl/α,β-unsaturated/α-hetero) is 1. The van der Waals surface area contributed by atoms with Crippen LogP contribution in [0.3, 0.4) is 0 Å². The van der Waals surface area contributed by atoms with E-state index >= 15 is 4.39 Å². The van der Waals surface area contributed by atoms with E-state index in [0.717, 1.165) is 16.2 Å². The monoisotopic (exact) mass is 579 g/mol. The number of amides is 1. The van der Waals surface area contributed by atoms with Crippen LogP contribution in [-0.2, 0) is 15.3 Å². The molecule has 1 N–H and O–H groups in total. The fourth-order valence-electron chi connectivity index (χ4n) is 4.48. The molecule has 0 aliphatic carbocycles. The molecule has 1 atom stereocenters. The van der Waals surface area contributed by atoms with Crippen LogP contribution in [0.1, 0.15) is 22.7 Å². The molecular weight excluding hydrogens is 560 g/mol. The fraction of sp³-hybridized carbons (Fsp3) is 0.143. The van der Waals surface area contributed by atoms with Gasteiger partial charge in [0.2, 0.25) is 5.13 Å². The number of aliphatic hydroxyl groups excluding tert-OH is 1. The van der Waals surface area contributed by atoms with Gasteiger partial charge in [-0.05, 0) is 35.9 Å². The molecule has 3 aromatic carbocycles. The molecule has 0 bridgehead atoms. The minimum absolute atomic E-state index is 0.00319. The van der Waals surface area contributed by atoms with E-state index in [2.05, 4.69) is 10.2 Å². The van der Waals surface area contributed by atoms with Gasteiger partial charge >= 0.3 is 5.91 Å². The largest absolute Gasteiger partial charge is 0.507 e. The average Bonchev–Trinajstić information content (AvgIpc) is 3.54. The Morgan fingerprint density at radius 3 is 2.48 bits per heavy atom. The van der Waals surface area contributed by atoms with Crippen molar-refractivity contribution in [3.8, 4) is 11.5 Å². The lowest BCUT2D eigenvalue weighted by atomic mass is 9.95. The zero-order valence-corrected chi connectivity index (χ0v) is 22.2. The van der Waals surface area contributed by atoms with Crippen LogP contribution in [0, 0.1) is 11.6 Å². The summed E-state index contributed by atoms with van der Waals surface area (Å²) in [5, 5.41) is 19.5. The molecule has 6 rings (SSSR count). The van der Waals surface area contributed by atoms with Gasteiger partial charge in [-0.25, -0.2) is 8.78 Å². The first kappa shape index (κ1) is 26.0. The summed E-state index contributed by atoms with van der Waals surface area (Å²) in [5.74, 6) is -2.41. The van der Waals surface area contributed by atoms with Gasteiger partial charge in [0, 0.05) is 16.9 Å². The van der Waals surface area contributed by atoms with E-state index in [0.29, 0.717) is 34.6 Å². The summed E-state index contributed by atoms with van der Waals surface area (Å²) in [4.78, 5) is 27.8. The number of carbonyl (C=O) groups excluding carboxylic acids is 2. The van der Waals surface area contributed by atoms with E-state index in [1.165, 1.54) is 48.2 Å². The lowest BCUT2D eigenvalue weighted by molar-refractivity contribution is -0.132. The number of nitrogens with zero attached hydrogens (tertiary/aromatic N) is 3. The number of ether oxygens (including phenoxy) is 2. The number of halogens is 2. The first-order valence-electron chi connectivity index (χ1n) is 12.1. The van der Waals surface area contributed by atoms with Gasteiger partial charge in [0.15, 0.2) is 15.8 Å².